The quantitative estimate of drug-likeness (QED) is 0.717. The number of hydrogen-bond acceptors (Lipinski definition) is 5. The molecule has 0 saturated carbocycles. The molecule has 158 valence electrons. The molecule has 0 aromatic heterocycles. The summed E-state index contributed by atoms with van der Waals surface area (Å²) >= 11 is 0. The monoisotopic (exact) mass is 394 g/mol. The highest BCUT2D eigenvalue weighted by molar-refractivity contribution is 5.37. The highest BCUT2D eigenvalue weighted by Gasteiger charge is 2.40. The molecule has 1 aromatic rings. The van der Waals surface area contributed by atoms with Crippen LogP contribution in [0.25, 0.3) is 0 Å². The van der Waals surface area contributed by atoms with E-state index in [4.69, 9.17) is 9.47 Å². The number of rotatable bonds is 5. The Bertz CT molecular complexity index is 615. The number of benzene rings is 1. The molecule has 5 nitrogen and oxygen atoms in total. The fourth-order valence-corrected chi connectivity index (χ4v) is 3.95. The predicted octanol–water partition coefficient (Wildman–Crippen LogP) is 2.97. The summed E-state index contributed by atoms with van der Waals surface area (Å²) in [5.41, 5.74) is 0.525. The molecule has 0 unspecified atom stereocenters. The van der Waals surface area contributed by atoms with Gasteiger partial charge >= 0.3 is 0 Å². The first-order valence-corrected chi connectivity index (χ1v) is 10.6. The van der Waals surface area contributed by atoms with Crippen molar-refractivity contribution in [2.24, 2.45) is 0 Å². The molecule has 3 aliphatic rings. The number of halogens is 1. The smallest absolute Gasteiger partial charge is 0.123 e. The Morgan fingerprint density at radius 2 is 2.00 bits per heavy atom. The molecular formula is C22H35FN2O3. The second-order valence-corrected chi connectivity index (χ2v) is 8.86. The molecule has 3 heterocycles. The highest BCUT2D eigenvalue weighted by Crippen LogP contribution is 2.33. The van der Waals surface area contributed by atoms with Crippen molar-refractivity contribution in [1.82, 2.24) is 10.6 Å². The summed E-state index contributed by atoms with van der Waals surface area (Å²) in [6.07, 6.45) is 5.11. The lowest BCUT2D eigenvalue weighted by Crippen LogP contribution is -2.58. The highest BCUT2D eigenvalue weighted by atomic mass is 19.1. The molecule has 3 N–H and O–H groups in total. The van der Waals surface area contributed by atoms with Crippen LogP contribution < -0.4 is 15.4 Å². The molecule has 1 aromatic carbocycles. The minimum Gasteiger partial charge on any atom is -0.493 e. The Morgan fingerprint density at radius 1 is 1.25 bits per heavy atom. The Labute approximate surface area is 168 Å². The van der Waals surface area contributed by atoms with Crippen molar-refractivity contribution in [3.8, 4) is 5.75 Å². The molecule has 0 amide bonds. The zero-order valence-electron chi connectivity index (χ0n) is 17.2. The van der Waals surface area contributed by atoms with Crippen LogP contribution in [0, 0.1) is 5.82 Å². The second-order valence-electron chi connectivity index (χ2n) is 8.86. The molecule has 28 heavy (non-hydrogen) atoms. The standard InChI is InChI=1S/C16H24FNO2.C6H11NO/c1-16(2,19)7-10-20-15-4-3-13(17)11-14(15)12-5-8-18-9-6-12;1-2-6(8-3-1)4-7-5-6/h3-4,11-12,18-19H,5-10H2,1-2H3;7H,1-5H2. The third-order valence-electron chi connectivity index (χ3n) is 5.80. The van der Waals surface area contributed by atoms with Gasteiger partial charge in [-0.2, -0.15) is 0 Å². The largest absolute Gasteiger partial charge is 0.493 e. The first kappa shape index (κ1) is 21.5. The summed E-state index contributed by atoms with van der Waals surface area (Å²) in [5.74, 6) is 0.889. The molecule has 3 aliphatic heterocycles. The van der Waals surface area contributed by atoms with E-state index in [1.807, 2.05) is 0 Å². The second kappa shape index (κ2) is 9.53. The van der Waals surface area contributed by atoms with Crippen LogP contribution in [-0.2, 0) is 4.74 Å². The summed E-state index contributed by atoms with van der Waals surface area (Å²) in [4.78, 5) is 0. The van der Waals surface area contributed by atoms with E-state index in [0.29, 0.717) is 24.5 Å². The van der Waals surface area contributed by atoms with E-state index < -0.39 is 5.60 Å². The first-order chi connectivity index (χ1) is 13.4. The van der Waals surface area contributed by atoms with Crippen LogP contribution in [0.15, 0.2) is 18.2 Å². The van der Waals surface area contributed by atoms with Crippen LogP contribution in [0.2, 0.25) is 0 Å². The molecule has 0 bridgehead atoms. The van der Waals surface area contributed by atoms with Crippen LogP contribution in [0.4, 0.5) is 4.39 Å². The van der Waals surface area contributed by atoms with Crippen molar-refractivity contribution in [1.29, 1.82) is 0 Å². The normalized spacial score (nSPS) is 21.7. The third kappa shape index (κ3) is 6.14. The SMILES string of the molecule is C1COC2(C1)CNC2.CC(C)(O)CCOc1ccc(F)cc1C1CCNCC1. The number of hydrogen-bond donors (Lipinski definition) is 3. The Balaban J connectivity index is 0.000000231. The summed E-state index contributed by atoms with van der Waals surface area (Å²) in [6.45, 7) is 9.05. The van der Waals surface area contributed by atoms with Crippen LogP contribution >= 0.6 is 0 Å². The molecule has 3 fully saturated rings. The van der Waals surface area contributed by atoms with E-state index in [-0.39, 0.29) is 5.82 Å². The van der Waals surface area contributed by atoms with Crippen molar-refractivity contribution in [3.63, 3.8) is 0 Å². The van der Waals surface area contributed by atoms with E-state index in [0.717, 1.165) is 56.9 Å². The van der Waals surface area contributed by atoms with Crippen molar-refractivity contribution in [2.45, 2.75) is 63.1 Å². The maximum Gasteiger partial charge on any atom is 0.123 e. The van der Waals surface area contributed by atoms with E-state index in [1.165, 1.54) is 18.9 Å². The number of piperidine rings is 1. The van der Waals surface area contributed by atoms with Crippen molar-refractivity contribution in [3.05, 3.63) is 29.6 Å². The summed E-state index contributed by atoms with van der Waals surface area (Å²) < 4.78 is 24.8. The van der Waals surface area contributed by atoms with Gasteiger partial charge in [0.2, 0.25) is 0 Å². The van der Waals surface area contributed by atoms with Gasteiger partial charge in [-0.25, -0.2) is 4.39 Å². The average Bonchev–Trinajstić information content (AvgIpc) is 3.14. The maximum atomic E-state index is 13.5. The molecular weight excluding hydrogens is 359 g/mol. The zero-order valence-corrected chi connectivity index (χ0v) is 17.2. The fraction of sp³-hybridized carbons (Fsp3) is 0.727. The maximum absolute atomic E-state index is 13.5. The number of aliphatic hydroxyl groups is 1. The van der Waals surface area contributed by atoms with Crippen molar-refractivity contribution >= 4 is 0 Å². The number of nitrogens with one attached hydrogen (secondary N) is 2. The van der Waals surface area contributed by atoms with Crippen LogP contribution in [0.1, 0.15) is 57.4 Å². The molecule has 0 radical (unpaired) electrons. The molecule has 0 aliphatic carbocycles. The zero-order chi connectivity index (χ0) is 20.0. The molecule has 0 atom stereocenters. The minimum atomic E-state index is -0.741. The Hall–Kier alpha value is -1.21. The summed E-state index contributed by atoms with van der Waals surface area (Å²) in [5, 5.41) is 16.2. The van der Waals surface area contributed by atoms with Gasteiger partial charge in [0.15, 0.2) is 0 Å². The van der Waals surface area contributed by atoms with Gasteiger partial charge < -0.3 is 25.2 Å². The lowest BCUT2D eigenvalue weighted by Gasteiger charge is -2.37. The summed E-state index contributed by atoms with van der Waals surface area (Å²) in [6, 6.07) is 4.73. The average molecular weight is 395 g/mol. The molecule has 1 spiro atoms. The topological polar surface area (TPSA) is 62.8 Å². The fourth-order valence-electron chi connectivity index (χ4n) is 3.95. The van der Waals surface area contributed by atoms with Crippen LogP contribution in [-0.4, -0.2) is 55.7 Å². The molecule has 6 heteroatoms. The van der Waals surface area contributed by atoms with Crippen LogP contribution in [0.3, 0.4) is 0 Å². The van der Waals surface area contributed by atoms with E-state index in [1.54, 1.807) is 26.0 Å². The van der Waals surface area contributed by atoms with Gasteiger partial charge in [0.25, 0.3) is 0 Å². The lowest BCUT2D eigenvalue weighted by molar-refractivity contribution is -0.0358. The minimum absolute atomic E-state index is 0.214. The van der Waals surface area contributed by atoms with Gasteiger partial charge in [-0.05, 0) is 76.7 Å². The van der Waals surface area contributed by atoms with Gasteiger partial charge in [0, 0.05) is 31.7 Å². The predicted molar refractivity (Wildman–Crippen MR) is 108 cm³/mol. The van der Waals surface area contributed by atoms with Crippen molar-refractivity contribution in [2.75, 3.05) is 39.4 Å². The molecule has 3 saturated heterocycles. The van der Waals surface area contributed by atoms with E-state index in [9.17, 15) is 9.50 Å². The van der Waals surface area contributed by atoms with Gasteiger partial charge in [-0.1, -0.05) is 0 Å². The van der Waals surface area contributed by atoms with Gasteiger partial charge in [-0.15, -0.1) is 0 Å². The summed E-state index contributed by atoms with van der Waals surface area (Å²) in [7, 11) is 0. The Morgan fingerprint density at radius 3 is 2.54 bits per heavy atom. The molecule has 4 rings (SSSR count). The lowest BCUT2D eigenvalue weighted by atomic mass is 9.89. The number of ether oxygens (including phenoxy) is 2. The van der Waals surface area contributed by atoms with Gasteiger partial charge in [-0.3, -0.25) is 0 Å². The van der Waals surface area contributed by atoms with Crippen LogP contribution in [0.5, 0.6) is 5.75 Å². The van der Waals surface area contributed by atoms with E-state index in [2.05, 4.69) is 10.6 Å². The van der Waals surface area contributed by atoms with E-state index >= 15 is 0 Å². The third-order valence-corrected chi connectivity index (χ3v) is 5.80. The Kier molecular flexibility index (Phi) is 7.31. The van der Waals surface area contributed by atoms with Gasteiger partial charge in [0.05, 0.1) is 17.8 Å². The first-order valence-electron chi connectivity index (χ1n) is 10.6. The van der Waals surface area contributed by atoms with Gasteiger partial charge in [0.1, 0.15) is 11.6 Å². The van der Waals surface area contributed by atoms with Crippen molar-refractivity contribution < 1.29 is 19.0 Å².